The molecule has 2 heteroatoms. The Kier molecular flexibility index (Phi) is 5.42. The van der Waals surface area contributed by atoms with E-state index in [2.05, 4.69) is 25.2 Å². The van der Waals surface area contributed by atoms with E-state index in [1.165, 1.54) is 12.8 Å². The summed E-state index contributed by atoms with van der Waals surface area (Å²) >= 11 is 0. The van der Waals surface area contributed by atoms with Crippen molar-refractivity contribution >= 4 is 5.69 Å². The lowest BCUT2D eigenvalue weighted by Crippen LogP contribution is -2.03. The summed E-state index contributed by atoms with van der Waals surface area (Å²) in [7, 11) is 0. The van der Waals surface area contributed by atoms with Crippen LogP contribution < -0.4 is 5.32 Å². The third-order valence-corrected chi connectivity index (χ3v) is 2.57. The highest BCUT2D eigenvalue weighted by molar-refractivity contribution is 5.56. The Balaban J connectivity index is 2.30. The zero-order chi connectivity index (χ0) is 11.8. The molecule has 0 atom stereocenters. The molecule has 0 unspecified atom stereocenters. The number of unbranched alkanes of at least 4 members (excludes halogenated alkanes) is 1. The summed E-state index contributed by atoms with van der Waals surface area (Å²) in [4.78, 5) is 0. The van der Waals surface area contributed by atoms with Crippen LogP contribution in [0.4, 0.5) is 5.69 Å². The van der Waals surface area contributed by atoms with Crippen LogP contribution in [0.5, 0.6) is 0 Å². The van der Waals surface area contributed by atoms with Crippen LogP contribution in [0, 0.1) is 17.2 Å². The third-order valence-electron chi connectivity index (χ3n) is 2.57. The van der Waals surface area contributed by atoms with E-state index in [1.54, 1.807) is 0 Å². The SMILES string of the molecule is CC(C)CCCCNc1ccccc1C#N. The number of benzene rings is 1. The molecule has 2 nitrogen and oxygen atoms in total. The Morgan fingerprint density at radius 2 is 2.00 bits per heavy atom. The minimum atomic E-state index is 0.728. The summed E-state index contributed by atoms with van der Waals surface area (Å²) in [6.45, 7) is 5.45. The first kappa shape index (κ1) is 12.6. The first-order valence-electron chi connectivity index (χ1n) is 5.97. The molecule has 86 valence electrons. The molecule has 0 aromatic heterocycles. The van der Waals surface area contributed by atoms with Crippen LogP contribution in [0.3, 0.4) is 0 Å². The molecule has 0 fully saturated rings. The lowest BCUT2D eigenvalue weighted by molar-refractivity contribution is 0.545. The van der Waals surface area contributed by atoms with E-state index in [-0.39, 0.29) is 0 Å². The molecule has 0 saturated carbocycles. The Labute approximate surface area is 98.3 Å². The number of nitriles is 1. The molecule has 1 aromatic rings. The molecule has 1 N–H and O–H groups in total. The normalized spacial score (nSPS) is 10.1. The quantitative estimate of drug-likeness (QED) is 0.734. The molecule has 0 bridgehead atoms. The summed E-state index contributed by atoms with van der Waals surface area (Å²) in [5, 5.41) is 12.2. The van der Waals surface area contributed by atoms with Crippen molar-refractivity contribution in [1.82, 2.24) is 0 Å². The van der Waals surface area contributed by atoms with Crippen molar-refractivity contribution in [3.8, 4) is 6.07 Å². The summed E-state index contributed by atoms with van der Waals surface area (Å²) in [5.41, 5.74) is 1.68. The number of nitrogens with zero attached hydrogens (tertiary/aromatic N) is 1. The molecule has 0 aliphatic heterocycles. The average molecular weight is 216 g/mol. The fraction of sp³-hybridized carbons (Fsp3) is 0.500. The van der Waals surface area contributed by atoms with Crippen molar-refractivity contribution < 1.29 is 0 Å². The second-order valence-electron chi connectivity index (χ2n) is 4.47. The molecule has 0 amide bonds. The molecule has 0 aliphatic carbocycles. The van der Waals surface area contributed by atoms with Crippen molar-refractivity contribution in [1.29, 1.82) is 5.26 Å². The summed E-state index contributed by atoms with van der Waals surface area (Å²) in [5.74, 6) is 0.784. The van der Waals surface area contributed by atoms with E-state index >= 15 is 0 Å². The van der Waals surface area contributed by atoms with Crippen molar-refractivity contribution in [2.24, 2.45) is 5.92 Å². The molecular weight excluding hydrogens is 196 g/mol. The van der Waals surface area contributed by atoms with Crippen LogP contribution in [-0.4, -0.2) is 6.54 Å². The maximum atomic E-state index is 8.90. The van der Waals surface area contributed by atoms with E-state index in [4.69, 9.17) is 5.26 Å². The lowest BCUT2D eigenvalue weighted by atomic mass is 10.1. The van der Waals surface area contributed by atoms with Gasteiger partial charge in [-0.2, -0.15) is 5.26 Å². The van der Waals surface area contributed by atoms with Gasteiger partial charge in [0.25, 0.3) is 0 Å². The van der Waals surface area contributed by atoms with Crippen LogP contribution in [0.1, 0.15) is 38.7 Å². The van der Waals surface area contributed by atoms with Gasteiger partial charge in [-0.05, 0) is 24.5 Å². The molecule has 0 radical (unpaired) electrons. The molecular formula is C14H20N2. The van der Waals surface area contributed by atoms with Crippen molar-refractivity contribution in [3.05, 3.63) is 29.8 Å². The Morgan fingerprint density at radius 1 is 1.25 bits per heavy atom. The number of hydrogen-bond donors (Lipinski definition) is 1. The predicted octanol–water partition coefficient (Wildman–Crippen LogP) is 3.80. The first-order chi connectivity index (χ1) is 7.74. The van der Waals surface area contributed by atoms with Crippen molar-refractivity contribution in [2.75, 3.05) is 11.9 Å². The topological polar surface area (TPSA) is 35.8 Å². The zero-order valence-electron chi connectivity index (χ0n) is 10.2. The van der Waals surface area contributed by atoms with E-state index in [0.29, 0.717) is 0 Å². The predicted molar refractivity (Wildman–Crippen MR) is 68.3 cm³/mol. The fourth-order valence-corrected chi connectivity index (χ4v) is 1.64. The molecule has 0 spiro atoms. The second-order valence-corrected chi connectivity index (χ2v) is 4.47. The van der Waals surface area contributed by atoms with E-state index < -0.39 is 0 Å². The van der Waals surface area contributed by atoms with Gasteiger partial charge >= 0.3 is 0 Å². The van der Waals surface area contributed by atoms with Gasteiger partial charge in [0.05, 0.1) is 11.3 Å². The second kappa shape index (κ2) is 6.90. The highest BCUT2D eigenvalue weighted by Crippen LogP contribution is 2.14. The van der Waals surface area contributed by atoms with E-state index in [0.717, 1.165) is 30.1 Å². The molecule has 16 heavy (non-hydrogen) atoms. The van der Waals surface area contributed by atoms with Gasteiger partial charge in [-0.1, -0.05) is 38.8 Å². The van der Waals surface area contributed by atoms with Gasteiger partial charge in [-0.3, -0.25) is 0 Å². The van der Waals surface area contributed by atoms with Gasteiger partial charge in [0, 0.05) is 6.54 Å². The summed E-state index contributed by atoms with van der Waals surface area (Å²) in [6.07, 6.45) is 3.69. The number of anilines is 1. The Bertz CT molecular complexity index is 350. The highest BCUT2D eigenvalue weighted by atomic mass is 14.9. The monoisotopic (exact) mass is 216 g/mol. The number of para-hydroxylation sites is 1. The maximum Gasteiger partial charge on any atom is 0.101 e. The molecule has 0 saturated heterocycles. The van der Waals surface area contributed by atoms with Crippen LogP contribution in [0.25, 0.3) is 0 Å². The van der Waals surface area contributed by atoms with Crippen LogP contribution in [-0.2, 0) is 0 Å². The van der Waals surface area contributed by atoms with Crippen LogP contribution in [0.15, 0.2) is 24.3 Å². The molecule has 1 aromatic carbocycles. The van der Waals surface area contributed by atoms with Crippen LogP contribution >= 0.6 is 0 Å². The maximum absolute atomic E-state index is 8.90. The number of hydrogen-bond acceptors (Lipinski definition) is 2. The van der Waals surface area contributed by atoms with Gasteiger partial charge in [0.15, 0.2) is 0 Å². The number of rotatable bonds is 6. The molecule has 0 aliphatic rings. The van der Waals surface area contributed by atoms with Crippen molar-refractivity contribution in [3.63, 3.8) is 0 Å². The minimum absolute atomic E-state index is 0.728. The van der Waals surface area contributed by atoms with Gasteiger partial charge in [0.1, 0.15) is 6.07 Å². The van der Waals surface area contributed by atoms with E-state index in [9.17, 15) is 0 Å². The smallest absolute Gasteiger partial charge is 0.101 e. The number of nitrogens with one attached hydrogen (secondary N) is 1. The standard InChI is InChI=1S/C14H20N2/c1-12(2)7-5-6-10-16-14-9-4-3-8-13(14)11-15/h3-4,8-9,12,16H,5-7,10H2,1-2H3. The molecule has 0 heterocycles. The van der Waals surface area contributed by atoms with Gasteiger partial charge in [0.2, 0.25) is 0 Å². The minimum Gasteiger partial charge on any atom is -0.384 e. The summed E-state index contributed by atoms with van der Waals surface area (Å²) < 4.78 is 0. The zero-order valence-corrected chi connectivity index (χ0v) is 10.2. The summed E-state index contributed by atoms with van der Waals surface area (Å²) in [6, 6.07) is 9.84. The first-order valence-corrected chi connectivity index (χ1v) is 5.97. The van der Waals surface area contributed by atoms with Crippen LogP contribution in [0.2, 0.25) is 0 Å². The molecule has 1 rings (SSSR count). The van der Waals surface area contributed by atoms with Gasteiger partial charge in [-0.15, -0.1) is 0 Å². The highest BCUT2D eigenvalue weighted by Gasteiger charge is 1.99. The van der Waals surface area contributed by atoms with Gasteiger partial charge in [-0.25, -0.2) is 0 Å². The third kappa shape index (κ3) is 4.35. The average Bonchev–Trinajstić information content (AvgIpc) is 2.29. The Morgan fingerprint density at radius 3 is 2.69 bits per heavy atom. The lowest BCUT2D eigenvalue weighted by Gasteiger charge is -2.08. The van der Waals surface area contributed by atoms with Gasteiger partial charge < -0.3 is 5.32 Å². The largest absolute Gasteiger partial charge is 0.384 e. The Hall–Kier alpha value is -1.49. The fourth-order valence-electron chi connectivity index (χ4n) is 1.64. The van der Waals surface area contributed by atoms with E-state index in [1.807, 2.05) is 24.3 Å². The van der Waals surface area contributed by atoms with Crippen molar-refractivity contribution in [2.45, 2.75) is 33.1 Å².